The third-order valence-electron chi connectivity index (χ3n) is 5.47. The van der Waals surface area contributed by atoms with Crippen LogP contribution in [0.1, 0.15) is 40.6 Å². The van der Waals surface area contributed by atoms with E-state index in [0.29, 0.717) is 34.7 Å². The Balaban J connectivity index is 1.71. The minimum atomic E-state index is -0.493. The summed E-state index contributed by atoms with van der Waals surface area (Å²) in [6, 6.07) is 14.0. The van der Waals surface area contributed by atoms with Crippen molar-refractivity contribution in [2.45, 2.75) is 25.0 Å². The zero-order valence-corrected chi connectivity index (χ0v) is 15.8. The first kappa shape index (κ1) is 17.5. The Labute approximate surface area is 166 Å². The molecule has 2 aromatic carbocycles. The quantitative estimate of drug-likeness (QED) is 0.667. The highest BCUT2D eigenvalue weighted by Gasteiger charge is 2.43. The molecule has 1 fully saturated rings. The molecule has 0 aliphatic carbocycles. The molecule has 6 heteroatoms. The van der Waals surface area contributed by atoms with E-state index in [2.05, 4.69) is 0 Å². The second-order valence-electron chi connectivity index (χ2n) is 7.22. The molecule has 1 saturated heterocycles. The van der Waals surface area contributed by atoms with Gasteiger partial charge in [0.1, 0.15) is 5.58 Å². The van der Waals surface area contributed by atoms with Crippen LogP contribution in [0.25, 0.3) is 11.0 Å². The number of hydrogen-bond donors (Lipinski definition) is 0. The van der Waals surface area contributed by atoms with E-state index in [1.54, 1.807) is 23.1 Å². The lowest BCUT2D eigenvalue weighted by Gasteiger charge is -2.27. The molecule has 142 valence electrons. The third-order valence-corrected chi connectivity index (χ3v) is 5.70. The van der Waals surface area contributed by atoms with Crippen LogP contribution in [0.4, 0.5) is 0 Å². The van der Waals surface area contributed by atoms with Crippen LogP contribution < -0.4 is 5.43 Å². The molecule has 0 N–H and O–H groups in total. The summed E-state index contributed by atoms with van der Waals surface area (Å²) in [5.41, 5.74) is 1.41. The second-order valence-corrected chi connectivity index (χ2v) is 7.66. The molecule has 2 atom stereocenters. The van der Waals surface area contributed by atoms with Crippen molar-refractivity contribution < 1.29 is 13.9 Å². The van der Waals surface area contributed by atoms with Crippen molar-refractivity contribution in [3.63, 3.8) is 0 Å². The summed E-state index contributed by atoms with van der Waals surface area (Å²) < 4.78 is 11.7. The summed E-state index contributed by atoms with van der Waals surface area (Å²) in [5.74, 6) is -0.153. The Morgan fingerprint density at radius 1 is 1.11 bits per heavy atom. The van der Waals surface area contributed by atoms with Crippen molar-refractivity contribution in [1.29, 1.82) is 0 Å². The first-order valence-corrected chi connectivity index (χ1v) is 9.75. The molecule has 1 aromatic heterocycles. The highest BCUT2D eigenvalue weighted by atomic mass is 35.5. The van der Waals surface area contributed by atoms with E-state index in [1.807, 2.05) is 30.3 Å². The predicted octanol–water partition coefficient (Wildman–Crippen LogP) is 4.17. The number of fused-ring (bicyclic) bond motifs is 2. The van der Waals surface area contributed by atoms with E-state index in [4.69, 9.17) is 20.8 Å². The van der Waals surface area contributed by atoms with Crippen molar-refractivity contribution in [2.75, 3.05) is 13.2 Å². The Morgan fingerprint density at radius 2 is 1.93 bits per heavy atom. The molecule has 2 aliphatic heterocycles. The van der Waals surface area contributed by atoms with Gasteiger partial charge in [-0.05, 0) is 36.6 Å². The SMILES string of the molecule is O=C1c2oc3ccc(Cl)cc3c(=O)c2[C@@H](c2ccccc2)N1C[C@@H]1CCCO1. The number of nitrogens with zero attached hydrogens (tertiary/aromatic N) is 1. The number of carbonyl (C=O) groups excluding carboxylic acids is 1. The molecule has 3 heterocycles. The number of halogens is 1. The average Bonchev–Trinajstić information content (AvgIpc) is 3.31. The van der Waals surface area contributed by atoms with Crippen LogP contribution in [0, 0.1) is 0 Å². The Morgan fingerprint density at radius 3 is 2.68 bits per heavy atom. The van der Waals surface area contributed by atoms with Crippen LogP contribution >= 0.6 is 11.6 Å². The van der Waals surface area contributed by atoms with Gasteiger partial charge < -0.3 is 14.1 Å². The summed E-state index contributed by atoms with van der Waals surface area (Å²) >= 11 is 6.09. The third kappa shape index (κ3) is 2.74. The second kappa shape index (κ2) is 6.76. The first-order valence-electron chi connectivity index (χ1n) is 9.37. The zero-order valence-electron chi connectivity index (χ0n) is 15.1. The summed E-state index contributed by atoms with van der Waals surface area (Å²) in [5, 5.41) is 0.843. The topological polar surface area (TPSA) is 59.8 Å². The number of ether oxygens (including phenoxy) is 1. The van der Waals surface area contributed by atoms with Crippen LogP contribution in [0.2, 0.25) is 5.02 Å². The molecule has 0 spiro atoms. The fraction of sp³-hybridized carbons (Fsp3) is 0.273. The smallest absolute Gasteiger partial charge is 0.291 e. The lowest BCUT2D eigenvalue weighted by molar-refractivity contribution is 0.0486. The largest absolute Gasteiger partial charge is 0.450 e. The number of benzene rings is 2. The van der Waals surface area contributed by atoms with Crippen LogP contribution in [0.15, 0.2) is 57.7 Å². The van der Waals surface area contributed by atoms with E-state index in [1.165, 1.54) is 0 Å². The van der Waals surface area contributed by atoms with E-state index >= 15 is 0 Å². The van der Waals surface area contributed by atoms with Crippen molar-refractivity contribution in [3.05, 3.63) is 80.7 Å². The standard InChI is InChI=1S/C22H18ClNO4/c23-14-8-9-17-16(11-14)20(25)18-19(13-5-2-1-3-6-13)24(22(26)21(18)28-17)12-15-7-4-10-27-15/h1-3,5-6,8-9,11,15,19H,4,7,10,12H2/t15-,19+/m0/s1. The normalized spacial score (nSPS) is 21.5. The minimum Gasteiger partial charge on any atom is -0.450 e. The van der Waals surface area contributed by atoms with Gasteiger partial charge in [-0.15, -0.1) is 0 Å². The van der Waals surface area contributed by atoms with E-state index in [0.717, 1.165) is 18.4 Å². The van der Waals surface area contributed by atoms with Gasteiger partial charge in [-0.2, -0.15) is 0 Å². The Bertz CT molecular complexity index is 1120. The maximum absolute atomic E-state index is 13.4. The van der Waals surface area contributed by atoms with Gasteiger partial charge in [-0.25, -0.2) is 0 Å². The van der Waals surface area contributed by atoms with E-state index < -0.39 is 6.04 Å². The van der Waals surface area contributed by atoms with Crippen LogP contribution in [-0.4, -0.2) is 30.1 Å². The van der Waals surface area contributed by atoms with Gasteiger partial charge in [-0.3, -0.25) is 9.59 Å². The van der Waals surface area contributed by atoms with Crippen molar-refractivity contribution >= 4 is 28.5 Å². The predicted molar refractivity (Wildman–Crippen MR) is 106 cm³/mol. The lowest BCUT2D eigenvalue weighted by Crippen LogP contribution is -2.36. The van der Waals surface area contributed by atoms with Crippen molar-refractivity contribution in [3.8, 4) is 0 Å². The van der Waals surface area contributed by atoms with E-state index in [9.17, 15) is 9.59 Å². The van der Waals surface area contributed by atoms with Crippen molar-refractivity contribution in [1.82, 2.24) is 4.90 Å². The lowest BCUT2D eigenvalue weighted by atomic mass is 9.98. The van der Waals surface area contributed by atoms with Gasteiger partial charge >= 0.3 is 0 Å². The van der Waals surface area contributed by atoms with Crippen LogP contribution in [0.5, 0.6) is 0 Å². The Hall–Kier alpha value is -2.63. The molecular formula is C22H18ClNO4. The molecule has 0 unspecified atom stereocenters. The Kier molecular flexibility index (Phi) is 4.22. The number of carbonyl (C=O) groups is 1. The molecule has 1 amide bonds. The maximum atomic E-state index is 13.4. The van der Waals surface area contributed by atoms with Gasteiger partial charge in [0.2, 0.25) is 5.76 Å². The van der Waals surface area contributed by atoms with Gasteiger partial charge in [0.05, 0.1) is 23.1 Å². The molecule has 28 heavy (non-hydrogen) atoms. The molecular weight excluding hydrogens is 378 g/mol. The zero-order chi connectivity index (χ0) is 19.3. The van der Waals surface area contributed by atoms with Gasteiger partial charge in [0.25, 0.3) is 5.91 Å². The summed E-state index contributed by atoms with van der Waals surface area (Å²) in [7, 11) is 0. The van der Waals surface area contributed by atoms with Crippen LogP contribution in [0.3, 0.4) is 0 Å². The minimum absolute atomic E-state index is 0.0246. The fourth-order valence-corrected chi connectivity index (χ4v) is 4.34. The molecule has 0 bridgehead atoms. The summed E-state index contributed by atoms with van der Waals surface area (Å²) in [6.07, 6.45) is 1.86. The number of amides is 1. The van der Waals surface area contributed by atoms with Crippen molar-refractivity contribution in [2.24, 2.45) is 0 Å². The molecule has 3 aromatic rings. The average molecular weight is 396 g/mol. The molecule has 0 radical (unpaired) electrons. The molecule has 5 rings (SSSR count). The number of rotatable bonds is 3. The number of hydrogen-bond acceptors (Lipinski definition) is 4. The van der Waals surface area contributed by atoms with Gasteiger partial charge in [0.15, 0.2) is 5.43 Å². The first-order chi connectivity index (χ1) is 13.6. The maximum Gasteiger partial charge on any atom is 0.291 e. The highest BCUT2D eigenvalue weighted by Crippen LogP contribution is 2.39. The summed E-state index contributed by atoms with van der Waals surface area (Å²) in [6.45, 7) is 1.13. The highest BCUT2D eigenvalue weighted by molar-refractivity contribution is 6.31. The van der Waals surface area contributed by atoms with Gasteiger partial charge in [0, 0.05) is 18.2 Å². The van der Waals surface area contributed by atoms with Crippen LogP contribution in [-0.2, 0) is 4.74 Å². The molecule has 0 saturated carbocycles. The fourth-order valence-electron chi connectivity index (χ4n) is 4.17. The monoisotopic (exact) mass is 395 g/mol. The summed E-state index contributed by atoms with van der Waals surface area (Å²) in [4.78, 5) is 28.3. The molecule has 2 aliphatic rings. The molecule has 5 nitrogen and oxygen atoms in total. The van der Waals surface area contributed by atoms with E-state index in [-0.39, 0.29) is 23.2 Å². The van der Waals surface area contributed by atoms with Gasteiger partial charge in [-0.1, -0.05) is 41.9 Å².